The Bertz CT molecular complexity index is 1050. The van der Waals surface area contributed by atoms with E-state index in [1.54, 1.807) is 12.3 Å². The Kier molecular flexibility index (Phi) is 6.14. The Labute approximate surface area is 176 Å². The topological polar surface area (TPSA) is 83.0 Å². The summed E-state index contributed by atoms with van der Waals surface area (Å²) < 4.78 is 26.6. The number of amides is 2. The number of aryl methyl sites for hydroxylation is 1. The highest BCUT2D eigenvalue weighted by molar-refractivity contribution is 7.14. The van der Waals surface area contributed by atoms with Crippen molar-refractivity contribution in [2.75, 3.05) is 31.6 Å². The van der Waals surface area contributed by atoms with Crippen molar-refractivity contribution in [1.29, 1.82) is 0 Å². The summed E-state index contributed by atoms with van der Waals surface area (Å²) in [6, 6.07) is 6.85. The van der Waals surface area contributed by atoms with E-state index >= 15 is 0 Å². The molecule has 1 saturated heterocycles. The number of halogens is 2. The van der Waals surface area contributed by atoms with Gasteiger partial charge >= 0.3 is 6.03 Å². The Morgan fingerprint density at radius 3 is 2.90 bits per heavy atom. The summed E-state index contributed by atoms with van der Waals surface area (Å²) in [6.45, 7) is 1.84. The van der Waals surface area contributed by atoms with Gasteiger partial charge in [-0.2, -0.15) is 0 Å². The summed E-state index contributed by atoms with van der Waals surface area (Å²) >= 11 is 1.51. The molecule has 3 aromatic rings. The van der Waals surface area contributed by atoms with Gasteiger partial charge in [0.25, 0.3) is 0 Å². The maximum atomic E-state index is 14.3. The Morgan fingerprint density at radius 1 is 1.30 bits per heavy atom. The zero-order valence-electron chi connectivity index (χ0n) is 16.4. The molecule has 0 radical (unpaired) electrons. The quantitative estimate of drug-likeness (QED) is 0.644. The Hall–Kier alpha value is -2.72. The summed E-state index contributed by atoms with van der Waals surface area (Å²) in [6.07, 6.45) is 0.883. The molecule has 0 bridgehead atoms. The van der Waals surface area contributed by atoms with E-state index in [1.165, 1.54) is 16.2 Å². The number of piperidine rings is 1. The molecule has 158 valence electrons. The zero-order chi connectivity index (χ0) is 21.1. The average molecular weight is 433 g/mol. The molecule has 30 heavy (non-hydrogen) atoms. The van der Waals surface area contributed by atoms with Crippen molar-refractivity contribution in [3.05, 3.63) is 35.5 Å². The van der Waals surface area contributed by atoms with E-state index in [0.29, 0.717) is 18.8 Å². The lowest BCUT2D eigenvalue weighted by Gasteiger charge is -2.34. The molecule has 1 aliphatic heterocycles. The fourth-order valence-electron chi connectivity index (χ4n) is 3.50. The third kappa shape index (κ3) is 4.54. The Balaban J connectivity index is 1.45. The lowest BCUT2D eigenvalue weighted by atomic mass is 10.0. The van der Waals surface area contributed by atoms with Gasteiger partial charge in [-0.15, -0.1) is 10.2 Å². The molecule has 0 saturated carbocycles. The number of alkyl halides is 2. The highest BCUT2D eigenvalue weighted by atomic mass is 32.1. The van der Waals surface area contributed by atoms with Crippen molar-refractivity contribution in [2.24, 2.45) is 0 Å². The number of urea groups is 1. The van der Waals surface area contributed by atoms with Gasteiger partial charge in [0, 0.05) is 36.3 Å². The minimum absolute atomic E-state index is 0.0378. The molecule has 1 aromatic carbocycles. The van der Waals surface area contributed by atoms with Crippen molar-refractivity contribution in [3.8, 4) is 10.6 Å². The normalized spacial score (nSPS) is 19.2. The molecule has 0 aliphatic carbocycles. The van der Waals surface area contributed by atoms with E-state index in [0.717, 1.165) is 26.4 Å². The van der Waals surface area contributed by atoms with E-state index in [2.05, 4.69) is 25.8 Å². The monoisotopic (exact) mass is 432 g/mol. The second-order valence-electron chi connectivity index (χ2n) is 7.19. The van der Waals surface area contributed by atoms with Crippen LogP contribution in [0, 0.1) is 6.92 Å². The van der Waals surface area contributed by atoms with Gasteiger partial charge in [-0.3, -0.25) is 5.32 Å². The fourth-order valence-corrected chi connectivity index (χ4v) is 4.19. The first kappa shape index (κ1) is 20.5. The Morgan fingerprint density at radius 2 is 2.17 bits per heavy atom. The van der Waals surface area contributed by atoms with Crippen molar-refractivity contribution >= 4 is 34.0 Å². The van der Waals surface area contributed by atoms with Crippen LogP contribution in [0.1, 0.15) is 11.4 Å². The van der Waals surface area contributed by atoms with Gasteiger partial charge < -0.3 is 10.2 Å². The second-order valence-corrected chi connectivity index (χ2v) is 8.37. The first-order valence-electron chi connectivity index (χ1n) is 9.73. The number of hydrogen-bond donors (Lipinski definition) is 2. The fraction of sp³-hybridized carbons (Fsp3) is 0.400. The number of aromatic nitrogens is 3. The average Bonchev–Trinajstić information content (AvgIpc) is 3.18. The molecule has 4 rings (SSSR count). The lowest BCUT2D eigenvalue weighted by Crippen LogP contribution is -2.53. The number of carbonyl (C=O) groups excluding carboxylic acids is 1. The number of likely N-dealkylation sites (tertiary alicyclic amines) is 1. The summed E-state index contributed by atoms with van der Waals surface area (Å²) in [5.41, 5.74) is 0.944. The van der Waals surface area contributed by atoms with Gasteiger partial charge in [-0.1, -0.05) is 23.5 Å². The van der Waals surface area contributed by atoms with E-state index in [-0.39, 0.29) is 13.1 Å². The number of nitrogens with zero attached hydrogens (tertiary/aromatic N) is 4. The predicted molar refractivity (Wildman–Crippen MR) is 113 cm³/mol. The zero-order valence-corrected chi connectivity index (χ0v) is 17.3. The van der Waals surface area contributed by atoms with Gasteiger partial charge in [0.05, 0.1) is 6.54 Å². The number of rotatable bonds is 5. The van der Waals surface area contributed by atoms with Gasteiger partial charge in [0.15, 0.2) is 0 Å². The van der Waals surface area contributed by atoms with Crippen LogP contribution in [0.5, 0.6) is 0 Å². The van der Waals surface area contributed by atoms with Crippen molar-refractivity contribution in [1.82, 2.24) is 25.4 Å². The second kappa shape index (κ2) is 8.97. The van der Waals surface area contributed by atoms with Gasteiger partial charge in [-0.05, 0) is 30.9 Å². The van der Waals surface area contributed by atoms with Crippen LogP contribution in [0.4, 0.5) is 19.4 Å². The lowest BCUT2D eigenvalue weighted by molar-refractivity contribution is 0.122. The molecule has 7 nitrogen and oxygen atoms in total. The first-order valence-corrected chi connectivity index (χ1v) is 10.5. The number of anilines is 1. The summed E-state index contributed by atoms with van der Waals surface area (Å²) in [4.78, 5) is 18.3. The standard InChI is InChI=1S/C20H22F2N6OS/c1-12-26-27-19(30-12)13-2-3-14-10-24-18(9-15(14)8-13)25-20(29)28-7-4-17(16(22)11-28)23-6-5-21/h2-3,8-10,16-17,23H,4-7,11H2,1H3,(H,24,25,29)/t16-,17?/m0/s1. The molecule has 2 atom stereocenters. The van der Waals surface area contributed by atoms with Crippen LogP contribution >= 0.6 is 11.3 Å². The molecule has 3 heterocycles. The van der Waals surface area contributed by atoms with Gasteiger partial charge in [0.1, 0.15) is 28.7 Å². The number of benzene rings is 1. The number of pyridine rings is 1. The maximum absolute atomic E-state index is 14.3. The minimum atomic E-state index is -1.24. The first-order chi connectivity index (χ1) is 14.5. The number of carbonyl (C=O) groups is 1. The summed E-state index contributed by atoms with van der Waals surface area (Å²) in [7, 11) is 0. The molecule has 1 unspecified atom stereocenters. The van der Waals surface area contributed by atoms with E-state index in [4.69, 9.17) is 0 Å². The summed E-state index contributed by atoms with van der Waals surface area (Å²) in [5, 5.41) is 17.4. The van der Waals surface area contributed by atoms with Crippen LogP contribution in [0.2, 0.25) is 0 Å². The smallest absolute Gasteiger partial charge is 0.321 e. The van der Waals surface area contributed by atoms with Gasteiger partial charge in [0.2, 0.25) is 0 Å². The molecular weight excluding hydrogens is 410 g/mol. The maximum Gasteiger partial charge on any atom is 0.323 e. The van der Waals surface area contributed by atoms with Crippen LogP contribution in [0.15, 0.2) is 30.5 Å². The number of hydrogen-bond acceptors (Lipinski definition) is 6. The molecule has 1 fully saturated rings. The molecule has 0 spiro atoms. The predicted octanol–water partition coefficient (Wildman–Crippen LogP) is 3.57. The third-order valence-electron chi connectivity index (χ3n) is 5.06. The summed E-state index contributed by atoms with van der Waals surface area (Å²) in [5.74, 6) is 0.395. The van der Waals surface area contributed by atoms with E-state index in [1.807, 2.05) is 25.1 Å². The van der Waals surface area contributed by atoms with Crippen LogP contribution in [0.3, 0.4) is 0 Å². The molecular formula is C20H22F2N6OS. The van der Waals surface area contributed by atoms with Crippen molar-refractivity contribution in [2.45, 2.75) is 25.6 Å². The number of nitrogens with one attached hydrogen (secondary N) is 2. The third-order valence-corrected chi connectivity index (χ3v) is 5.95. The minimum Gasteiger partial charge on any atom is -0.321 e. The number of fused-ring (bicyclic) bond motifs is 1. The molecule has 2 amide bonds. The SMILES string of the molecule is Cc1nnc(-c2ccc3cnc(NC(=O)N4CCC(NCCF)[C@@H](F)C4)cc3c2)s1. The molecule has 2 N–H and O–H groups in total. The highest BCUT2D eigenvalue weighted by Gasteiger charge is 2.31. The van der Waals surface area contributed by atoms with Crippen LogP contribution < -0.4 is 10.6 Å². The van der Waals surface area contributed by atoms with Gasteiger partial charge in [-0.25, -0.2) is 18.6 Å². The van der Waals surface area contributed by atoms with Crippen LogP contribution in [-0.4, -0.2) is 64.6 Å². The molecule has 2 aromatic heterocycles. The largest absolute Gasteiger partial charge is 0.323 e. The van der Waals surface area contributed by atoms with Crippen LogP contribution in [-0.2, 0) is 0 Å². The van der Waals surface area contributed by atoms with Crippen LogP contribution in [0.25, 0.3) is 21.3 Å². The van der Waals surface area contributed by atoms with E-state index in [9.17, 15) is 13.6 Å². The van der Waals surface area contributed by atoms with Crippen molar-refractivity contribution < 1.29 is 13.6 Å². The van der Waals surface area contributed by atoms with Crippen molar-refractivity contribution in [3.63, 3.8) is 0 Å². The van der Waals surface area contributed by atoms with E-state index < -0.39 is 24.9 Å². The highest BCUT2D eigenvalue weighted by Crippen LogP contribution is 2.27. The molecule has 1 aliphatic rings. The molecule has 10 heteroatoms.